The number of amides is 1. The van der Waals surface area contributed by atoms with Gasteiger partial charge in [0.1, 0.15) is 18.2 Å². The van der Waals surface area contributed by atoms with Gasteiger partial charge in [0.25, 0.3) is 5.91 Å². The minimum absolute atomic E-state index is 0.0473. The lowest BCUT2D eigenvalue weighted by atomic mass is 10.2. The minimum Gasteiger partial charge on any atom is -0.492 e. The average Bonchev–Trinajstić information content (AvgIpc) is 2.77. The highest BCUT2D eigenvalue weighted by atomic mass is 32.2. The molecule has 0 bridgehead atoms. The van der Waals surface area contributed by atoms with Gasteiger partial charge in [0.2, 0.25) is 10.0 Å². The number of para-hydroxylation sites is 1. The van der Waals surface area contributed by atoms with Gasteiger partial charge in [-0.2, -0.15) is 0 Å². The van der Waals surface area contributed by atoms with Crippen LogP contribution in [0.15, 0.2) is 78.9 Å². The number of nitrogen functional groups attached to an aromatic ring is 1. The van der Waals surface area contributed by atoms with E-state index >= 15 is 0 Å². The largest absolute Gasteiger partial charge is 0.492 e. The number of carbonyl (C=O) groups is 1. The molecule has 0 spiro atoms. The summed E-state index contributed by atoms with van der Waals surface area (Å²) in [5, 5.41) is 10.2. The molecule has 8 nitrogen and oxygen atoms in total. The molecule has 0 saturated heterocycles. The van der Waals surface area contributed by atoms with E-state index < -0.39 is 10.0 Å². The zero-order valence-electron chi connectivity index (χ0n) is 17.5. The average molecular weight is 453 g/mol. The summed E-state index contributed by atoms with van der Waals surface area (Å²) in [6, 6.07) is 21.9. The van der Waals surface area contributed by atoms with E-state index in [0.717, 1.165) is 6.26 Å². The highest BCUT2D eigenvalue weighted by molar-refractivity contribution is 7.92. The molecule has 166 valence electrons. The molecular weight excluding hydrogens is 428 g/mol. The molecular formula is C23H24N4O4S. The molecule has 0 aliphatic rings. The number of carbonyl (C=O) groups excluding carboxylic acids is 1. The molecule has 0 radical (unpaired) electrons. The van der Waals surface area contributed by atoms with Gasteiger partial charge in [-0.05, 0) is 48.5 Å². The van der Waals surface area contributed by atoms with Crippen molar-refractivity contribution in [3.8, 4) is 5.75 Å². The van der Waals surface area contributed by atoms with E-state index in [4.69, 9.17) is 15.9 Å². The Bertz CT molecular complexity index is 1200. The van der Waals surface area contributed by atoms with Crippen LogP contribution in [0.5, 0.6) is 5.75 Å². The fourth-order valence-corrected chi connectivity index (χ4v) is 4.04. The molecule has 3 aromatic rings. The van der Waals surface area contributed by atoms with Crippen molar-refractivity contribution in [2.45, 2.75) is 0 Å². The molecule has 4 N–H and O–H groups in total. The van der Waals surface area contributed by atoms with E-state index in [2.05, 4.69) is 5.32 Å². The third-order valence-electron chi connectivity index (χ3n) is 4.49. The number of hydrogen-bond acceptors (Lipinski definition) is 5. The van der Waals surface area contributed by atoms with Gasteiger partial charge in [-0.15, -0.1) is 0 Å². The monoisotopic (exact) mass is 452 g/mol. The van der Waals surface area contributed by atoms with Crippen molar-refractivity contribution in [1.29, 1.82) is 5.41 Å². The molecule has 0 atom stereocenters. The summed E-state index contributed by atoms with van der Waals surface area (Å²) in [6.07, 6.45) is 1.13. The minimum atomic E-state index is -3.56. The first-order valence-electron chi connectivity index (χ1n) is 9.76. The van der Waals surface area contributed by atoms with Crippen LogP contribution in [-0.2, 0) is 10.0 Å². The fourth-order valence-electron chi connectivity index (χ4n) is 3.03. The van der Waals surface area contributed by atoms with E-state index in [9.17, 15) is 13.2 Å². The molecule has 0 unspecified atom stereocenters. The van der Waals surface area contributed by atoms with E-state index in [-0.39, 0.29) is 24.9 Å². The number of nitrogens with two attached hydrogens (primary N) is 1. The lowest BCUT2D eigenvalue weighted by molar-refractivity contribution is 0.0947. The van der Waals surface area contributed by atoms with Crippen LogP contribution in [0.1, 0.15) is 15.9 Å². The number of nitrogens with zero attached hydrogens (tertiary/aromatic N) is 1. The molecule has 32 heavy (non-hydrogen) atoms. The van der Waals surface area contributed by atoms with Crippen LogP contribution in [0.3, 0.4) is 0 Å². The number of nitrogens with one attached hydrogen (secondary N) is 2. The topological polar surface area (TPSA) is 126 Å². The molecule has 1 amide bonds. The van der Waals surface area contributed by atoms with Crippen LogP contribution < -0.4 is 20.1 Å². The van der Waals surface area contributed by atoms with Gasteiger partial charge < -0.3 is 15.8 Å². The first-order valence-corrected chi connectivity index (χ1v) is 11.6. The van der Waals surface area contributed by atoms with Gasteiger partial charge in [-0.1, -0.05) is 30.3 Å². The van der Waals surface area contributed by atoms with Crippen LogP contribution in [0.4, 0.5) is 11.4 Å². The van der Waals surface area contributed by atoms with Crippen LogP contribution >= 0.6 is 0 Å². The number of anilines is 2. The molecule has 0 aliphatic heterocycles. The van der Waals surface area contributed by atoms with Crippen molar-refractivity contribution in [2.75, 3.05) is 23.7 Å². The second kappa shape index (κ2) is 9.97. The van der Waals surface area contributed by atoms with Crippen LogP contribution in [0, 0.1) is 5.41 Å². The van der Waals surface area contributed by atoms with Crippen molar-refractivity contribution >= 4 is 33.1 Å². The maximum atomic E-state index is 12.4. The molecule has 9 heteroatoms. The Balaban J connectivity index is 1.60. The second-order valence-corrected chi connectivity index (χ2v) is 8.79. The van der Waals surface area contributed by atoms with E-state index in [0.29, 0.717) is 28.3 Å². The maximum Gasteiger partial charge on any atom is 0.251 e. The molecule has 0 fully saturated rings. The fraction of sp³-hybridized carbons (Fsp3) is 0.130. The number of amidine groups is 1. The predicted octanol–water partition coefficient (Wildman–Crippen LogP) is 2.88. The summed E-state index contributed by atoms with van der Waals surface area (Å²) in [5.74, 6) is 0.204. The van der Waals surface area contributed by atoms with Crippen molar-refractivity contribution in [1.82, 2.24) is 5.32 Å². The number of ether oxygens (including phenoxy) is 1. The number of benzene rings is 3. The Morgan fingerprint density at radius 1 is 0.969 bits per heavy atom. The standard InChI is InChI=1S/C23H24N4O4S/c1-32(29,30)27(19-7-3-2-4-8-19)20-12-10-17(11-13-20)23(28)26-14-15-31-21-9-5-6-18(16-21)22(24)25/h2-13,16H,14-15H2,1H3,(H3,24,25)(H,26,28). The Kier molecular flexibility index (Phi) is 7.11. The zero-order chi connectivity index (χ0) is 23.1. The van der Waals surface area contributed by atoms with E-state index in [1.807, 2.05) is 0 Å². The Labute approximate surface area is 187 Å². The molecule has 3 aromatic carbocycles. The highest BCUT2D eigenvalue weighted by Crippen LogP contribution is 2.28. The maximum absolute atomic E-state index is 12.4. The van der Waals surface area contributed by atoms with Gasteiger partial charge in [-0.3, -0.25) is 10.2 Å². The van der Waals surface area contributed by atoms with Gasteiger partial charge in [0.15, 0.2) is 0 Å². The molecule has 0 saturated carbocycles. The smallest absolute Gasteiger partial charge is 0.251 e. The second-order valence-electron chi connectivity index (χ2n) is 6.96. The molecule has 0 aliphatic carbocycles. The summed E-state index contributed by atoms with van der Waals surface area (Å²) in [5.41, 5.74) is 7.37. The third-order valence-corrected chi connectivity index (χ3v) is 5.57. The summed E-state index contributed by atoms with van der Waals surface area (Å²) in [7, 11) is -3.56. The van der Waals surface area contributed by atoms with E-state index in [1.165, 1.54) is 4.31 Å². The van der Waals surface area contributed by atoms with Crippen molar-refractivity contribution in [3.63, 3.8) is 0 Å². The van der Waals surface area contributed by atoms with Gasteiger partial charge in [-0.25, -0.2) is 12.7 Å². The van der Waals surface area contributed by atoms with E-state index in [1.54, 1.807) is 78.9 Å². The zero-order valence-corrected chi connectivity index (χ0v) is 18.3. The van der Waals surface area contributed by atoms with Gasteiger partial charge in [0.05, 0.1) is 24.2 Å². The third kappa shape index (κ3) is 5.86. The van der Waals surface area contributed by atoms with Crippen LogP contribution in [0.25, 0.3) is 0 Å². The van der Waals surface area contributed by atoms with Crippen molar-refractivity contribution < 1.29 is 17.9 Å². The van der Waals surface area contributed by atoms with Crippen LogP contribution in [-0.4, -0.2) is 39.6 Å². The highest BCUT2D eigenvalue weighted by Gasteiger charge is 2.19. The van der Waals surface area contributed by atoms with Gasteiger partial charge >= 0.3 is 0 Å². The summed E-state index contributed by atoms with van der Waals surface area (Å²) >= 11 is 0. The lowest BCUT2D eigenvalue weighted by Gasteiger charge is -2.22. The number of rotatable bonds is 9. The summed E-state index contributed by atoms with van der Waals surface area (Å²) < 4.78 is 31.4. The Morgan fingerprint density at radius 3 is 2.25 bits per heavy atom. The molecule has 0 heterocycles. The van der Waals surface area contributed by atoms with Crippen molar-refractivity contribution in [2.24, 2.45) is 5.73 Å². The quantitative estimate of drug-likeness (QED) is 0.261. The normalized spacial score (nSPS) is 10.9. The summed E-state index contributed by atoms with van der Waals surface area (Å²) in [4.78, 5) is 12.4. The van der Waals surface area contributed by atoms with Crippen molar-refractivity contribution in [3.05, 3.63) is 90.0 Å². The number of hydrogen-bond donors (Lipinski definition) is 3. The summed E-state index contributed by atoms with van der Waals surface area (Å²) in [6.45, 7) is 0.505. The first-order chi connectivity index (χ1) is 15.3. The molecule has 3 rings (SSSR count). The molecule has 0 aromatic heterocycles. The Hall–Kier alpha value is -3.85. The van der Waals surface area contributed by atoms with Gasteiger partial charge in [0, 0.05) is 11.1 Å². The Morgan fingerprint density at radius 2 is 1.62 bits per heavy atom. The number of sulfonamides is 1. The van der Waals surface area contributed by atoms with Crippen LogP contribution in [0.2, 0.25) is 0 Å². The SMILES string of the molecule is CS(=O)(=O)N(c1ccccc1)c1ccc(C(=O)NCCOc2cccc(C(=N)N)c2)cc1. The lowest BCUT2D eigenvalue weighted by Crippen LogP contribution is -2.28. The predicted molar refractivity (Wildman–Crippen MR) is 125 cm³/mol. The first kappa shape index (κ1) is 22.8.